The highest BCUT2D eigenvalue weighted by Gasteiger charge is 2.09. The zero-order chi connectivity index (χ0) is 14.6. The Labute approximate surface area is 124 Å². The summed E-state index contributed by atoms with van der Waals surface area (Å²) < 4.78 is 5.32. The Morgan fingerprint density at radius 3 is 2.35 bits per heavy atom. The molecule has 1 aromatic rings. The first-order chi connectivity index (χ1) is 9.74. The van der Waals surface area contributed by atoms with Crippen LogP contribution < -0.4 is 5.32 Å². The number of rotatable bonds is 11. The van der Waals surface area contributed by atoms with Crippen LogP contribution in [0.15, 0.2) is 30.3 Å². The third-order valence-electron chi connectivity index (χ3n) is 3.63. The lowest BCUT2D eigenvalue weighted by Crippen LogP contribution is -2.26. The van der Waals surface area contributed by atoms with Gasteiger partial charge in [-0.2, -0.15) is 0 Å². The van der Waals surface area contributed by atoms with Gasteiger partial charge in [0.2, 0.25) is 0 Å². The van der Waals surface area contributed by atoms with Gasteiger partial charge in [-0.15, -0.1) is 0 Å². The number of nitrogens with one attached hydrogen (secondary N) is 1. The Kier molecular flexibility index (Phi) is 9.35. The molecule has 0 aliphatic heterocycles. The number of methoxy groups -OCH3 is 1. The highest BCUT2D eigenvalue weighted by Crippen LogP contribution is 2.13. The Hall–Kier alpha value is -0.860. The van der Waals surface area contributed by atoms with Crippen molar-refractivity contribution >= 4 is 0 Å². The summed E-state index contributed by atoms with van der Waals surface area (Å²) >= 11 is 0. The van der Waals surface area contributed by atoms with Crippen LogP contribution in [0.25, 0.3) is 0 Å². The summed E-state index contributed by atoms with van der Waals surface area (Å²) in [5.74, 6) is 0.845. The van der Waals surface area contributed by atoms with Gasteiger partial charge in [-0.25, -0.2) is 0 Å². The Balaban J connectivity index is 2.17. The molecule has 0 aliphatic carbocycles. The van der Waals surface area contributed by atoms with Crippen molar-refractivity contribution in [2.24, 2.45) is 5.92 Å². The van der Waals surface area contributed by atoms with Gasteiger partial charge < -0.3 is 10.1 Å². The van der Waals surface area contributed by atoms with Gasteiger partial charge in [0.25, 0.3) is 0 Å². The molecule has 0 spiro atoms. The molecule has 2 nitrogen and oxygen atoms in total. The number of ether oxygens (including phenoxy) is 1. The smallest absolute Gasteiger partial charge is 0.0657 e. The fourth-order valence-corrected chi connectivity index (χ4v) is 2.43. The van der Waals surface area contributed by atoms with Crippen molar-refractivity contribution in [3.05, 3.63) is 35.9 Å². The molecule has 0 fully saturated rings. The van der Waals surface area contributed by atoms with Gasteiger partial charge in [0.15, 0.2) is 0 Å². The monoisotopic (exact) mass is 277 g/mol. The van der Waals surface area contributed by atoms with Gasteiger partial charge in [-0.05, 0) is 24.4 Å². The first-order valence-corrected chi connectivity index (χ1v) is 8.01. The SMILES string of the molecule is COCC(NCCCCCCC(C)C)c1ccccc1. The average molecular weight is 277 g/mol. The van der Waals surface area contributed by atoms with Crippen molar-refractivity contribution in [1.82, 2.24) is 5.32 Å². The van der Waals surface area contributed by atoms with E-state index in [-0.39, 0.29) is 0 Å². The molecular formula is C18H31NO. The van der Waals surface area contributed by atoms with E-state index in [1.807, 2.05) is 0 Å². The van der Waals surface area contributed by atoms with Crippen molar-refractivity contribution in [2.75, 3.05) is 20.3 Å². The molecule has 114 valence electrons. The van der Waals surface area contributed by atoms with Crippen LogP contribution in [0.2, 0.25) is 0 Å². The molecular weight excluding hydrogens is 246 g/mol. The summed E-state index contributed by atoms with van der Waals surface area (Å²) in [6, 6.07) is 10.9. The largest absolute Gasteiger partial charge is 0.383 e. The predicted octanol–water partition coefficient (Wildman–Crippen LogP) is 4.57. The standard InChI is InChI=1S/C18H31NO/c1-16(2)11-7-4-5-10-14-19-18(15-20-3)17-12-8-6-9-13-17/h6,8-9,12-13,16,18-19H,4-5,7,10-11,14-15H2,1-3H3. The number of unbranched alkanes of at least 4 members (excludes halogenated alkanes) is 3. The van der Waals surface area contributed by atoms with Crippen LogP contribution in [0.1, 0.15) is 57.6 Å². The molecule has 1 aromatic carbocycles. The Morgan fingerprint density at radius 2 is 1.70 bits per heavy atom. The van der Waals surface area contributed by atoms with Crippen molar-refractivity contribution in [1.29, 1.82) is 0 Å². The van der Waals surface area contributed by atoms with E-state index >= 15 is 0 Å². The van der Waals surface area contributed by atoms with Gasteiger partial charge in [-0.3, -0.25) is 0 Å². The summed E-state index contributed by atoms with van der Waals surface area (Å²) in [5.41, 5.74) is 1.31. The molecule has 0 bridgehead atoms. The highest BCUT2D eigenvalue weighted by atomic mass is 16.5. The van der Waals surface area contributed by atoms with E-state index in [1.165, 1.54) is 37.7 Å². The van der Waals surface area contributed by atoms with E-state index in [2.05, 4.69) is 49.5 Å². The molecule has 1 unspecified atom stereocenters. The number of hydrogen-bond acceptors (Lipinski definition) is 2. The minimum atomic E-state index is 0.317. The van der Waals surface area contributed by atoms with E-state index in [0.717, 1.165) is 19.1 Å². The van der Waals surface area contributed by atoms with Crippen LogP contribution in [0, 0.1) is 5.92 Å². The predicted molar refractivity (Wildman–Crippen MR) is 87.0 cm³/mol. The normalized spacial score (nSPS) is 12.8. The maximum atomic E-state index is 5.32. The van der Waals surface area contributed by atoms with Crippen LogP contribution in [-0.4, -0.2) is 20.3 Å². The zero-order valence-electron chi connectivity index (χ0n) is 13.4. The number of benzene rings is 1. The lowest BCUT2D eigenvalue weighted by atomic mass is 10.0. The highest BCUT2D eigenvalue weighted by molar-refractivity contribution is 5.18. The molecule has 1 N–H and O–H groups in total. The Morgan fingerprint density at radius 1 is 1.00 bits per heavy atom. The van der Waals surface area contributed by atoms with Crippen LogP contribution in [0.4, 0.5) is 0 Å². The lowest BCUT2D eigenvalue weighted by Gasteiger charge is -2.18. The second kappa shape index (κ2) is 10.9. The molecule has 0 amide bonds. The molecule has 1 rings (SSSR count). The molecule has 0 aliphatic rings. The maximum Gasteiger partial charge on any atom is 0.0657 e. The second-order valence-electron chi connectivity index (χ2n) is 5.97. The lowest BCUT2D eigenvalue weighted by molar-refractivity contribution is 0.166. The topological polar surface area (TPSA) is 21.3 Å². The molecule has 0 heterocycles. The quantitative estimate of drug-likeness (QED) is 0.598. The average Bonchev–Trinajstić information content (AvgIpc) is 2.45. The van der Waals surface area contributed by atoms with Crippen molar-refractivity contribution < 1.29 is 4.74 Å². The third-order valence-corrected chi connectivity index (χ3v) is 3.63. The van der Waals surface area contributed by atoms with Crippen LogP contribution in [0.5, 0.6) is 0 Å². The van der Waals surface area contributed by atoms with Gasteiger partial charge >= 0.3 is 0 Å². The third kappa shape index (κ3) is 7.66. The summed E-state index contributed by atoms with van der Waals surface area (Å²) in [7, 11) is 1.77. The molecule has 2 heteroatoms. The van der Waals surface area contributed by atoms with Gasteiger partial charge in [0.1, 0.15) is 0 Å². The fourth-order valence-electron chi connectivity index (χ4n) is 2.43. The summed E-state index contributed by atoms with van der Waals surface area (Å²) in [6.45, 7) is 6.41. The van der Waals surface area contributed by atoms with E-state index in [1.54, 1.807) is 7.11 Å². The second-order valence-corrected chi connectivity index (χ2v) is 5.97. The van der Waals surface area contributed by atoms with Crippen molar-refractivity contribution in [3.63, 3.8) is 0 Å². The zero-order valence-corrected chi connectivity index (χ0v) is 13.4. The van der Waals surface area contributed by atoms with Crippen molar-refractivity contribution in [3.8, 4) is 0 Å². The summed E-state index contributed by atoms with van der Waals surface area (Å²) in [6.07, 6.45) is 6.68. The van der Waals surface area contributed by atoms with Crippen LogP contribution in [-0.2, 0) is 4.74 Å². The van der Waals surface area contributed by atoms with Gasteiger partial charge in [-0.1, -0.05) is 69.9 Å². The van der Waals surface area contributed by atoms with Gasteiger partial charge in [0, 0.05) is 7.11 Å². The summed E-state index contributed by atoms with van der Waals surface area (Å²) in [4.78, 5) is 0. The molecule has 1 atom stereocenters. The van der Waals surface area contributed by atoms with E-state index in [9.17, 15) is 0 Å². The molecule has 0 saturated carbocycles. The van der Waals surface area contributed by atoms with Crippen LogP contribution >= 0.6 is 0 Å². The maximum absolute atomic E-state index is 5.32. The minimum absolute atomic E-state index is 0.317. The molecule has 0 aromatic heterocycles. The van der Waals surface area contributed by atoms with Gasteiger partial charge in [0.05, 0.1) is 12.6 Å². The first kappa shape index (κ1) is 17.2. The van der Waals surface area contributed by atoms with Crippen molar-refractivity contribution in [2.45, 2.75) is 52.0 Å². The van der Waals surface area contributed by atoms with E-state index in [0.29, 0.717) is 6.04 Å². The number of hydrogen-bond donors (Lipinski definition) is 1. The Bertz CT molecular complexity index is 323. The van der Waals surface area contributed by atoms with E-state index < -0.39 is 0 Å². The van der Waals surface area contributed by atoms with Crippen LogP contribution in [0.3, 0.4) is 0 Å². The first-order valence-electron chi connectivity index (χ1n) is 8.01. The molecule has 0 saturated heterocycles. The fraction of sp³-hybridized carbons (Fsp3) is 0.667. The molecule has 0 radical (unpaired) electrons. The summed E-state index contributed by atoms with van der Waals surface area (Å²) in [5, 5.41) is 3.61. The van der Waals surface area contributed by atoms with E-state index in [4.69, 9.17) is 4.74 Å². The molecule has 20 heavy (non-hydrogen) atoms. The minimum Gasteiger partial charge on any atom is -0.383 e.